The highest BCUT2D eigenvalue weighted by Gasteiger charge is 2.07. The van der Waals surface area contributed by atoms with E-state index >= 15 is 0 Å². The van der Waals surface area contributed by atoms with E-state index in [9.17, 15) is 9.59 Å². The van der Waals surface area contributed by atoms with Gasteiger partial charge in [0, 0.05) is 43.8 Å². The molecule has 1 heterocycles. The minimum absolute atomic E-state index is 0.191. The molecule has 0 aliphatic heterocycles. The van der Waals surface area contributed by atoms with E-state index in [-0.39, 0.29) is 11.5 Å². The normalized spacial score (nSPS) is 9.74. The van der Waals surface area contributed by atoms with Gasteiger partial charge < -0.3 is 25.9 Å². The number of aromatic nitrogens is 2. The van der Waals surface area contributed by atoms with E-state index in [1.54, 1.807) is 31.2 Å². The van der Waals surface area contributed by atoms with Crippen LogP contribution in [0.25, 0.3) is 0 Å². The Kier molecular flexibility index (Phi) is 9.24. The van der Waals surface area contributed by atoms with Crippen molar-refractivity contribution in [3.8, 4) is 5.75 Å². The van der Waals surface area contributed by atoms with Crippen molar-refractivity contribution in [2.45, 2.75) is 20.3 Å². The van der Waals surface area contributed by atoms with Crippen LogP contribution in [0.15, 0.2) is 35.1 Å². The lowest BCUT2D eigenvalue weighted by Gasteiger charge is -2.08. The molecule has 0 saturated heterocycles. The van der Waals surface area contributed by atoms with Crippen LogP contribution >= 0.6 is 0 Å². The van der Waals surface area contributed by atoms with E-state index < -0.39 is 5.97 Å². The molecule has 9 nitrogen and oxygen atoms in total. The van der Waals surface area contributed by atoms with Gasteiger partial charge >= 0.3 is 0 Å². The predicted octanol–water partition coefficient (Wildman–Crippen LogP) is 0.479. The van der Waals surface area contributed by atoms with Crippen molar-refractivity contribution >= 4 is 11.9 Å². The molecule has 9 heteroatoms. The van der Waals surface area contributed by atoms with Gasteiger partial charge in [0.25, 0.3) is 17.4 Å². The fourth-order valence-corrected chi connectivity index (χ4v) is 2.06. The third-order valence-electron chi connectivity index (χ3n) is 3.05. The molecule has 0 unspecified atom stereocenters. The summed E-state index contributed by atoms with van der Waals surface area (Å²) >= 11 is 0. The van der Waals surface area contributed by atoms with Crippen molar-refractivity contribution in [1.82, 2.24) is 15.3 Å². The van der Waals surface area contributed by atoms with Crippen LogP contribution in [0.4, 0.5) is 0 Å². The molecule has 2 rings (SSSR count). The first-order chi connectivity index (χ1) is 12.8. The third kappa shape index (κ3) is 9.17. The SMILES string of the molecule is CC(=O)O.Cc1cc(=O)[nH]c(CCNC(=O)c2cccc(OCCN)c2)n1. The minimum atomic E-state index is -0.833. The topological polar surface area (TPSA) is 147 Å². The zero-order chi connectivity index (χ0) is 20.2. The second kappa shape index (κ2) is 11.4. The number of aromatic amines is 1. The highest BCUT2D eigenvalue weighted by atomic mass is 16.5. The Hall–Kier alpha value is -3.20. The van der Waals surface area contributed by atoms with E-state index in [4.69, 9.17) is 20.4 Å². The first kappa shape index (κ1) is 21.8. The van der Waals surface area contributed by atoms with Crippen LogP contribution in [0, 0.1) is 6.92 Å². The first-order valence-corrected chi connectivity index (χ1v) is 8.29. The summed E-state index contributed by atoms with van der Waals surface area (Å²) in [7, 11) is 0. The average Bonchev–Trinajstić information content (AvgIpc) is 2.59. The highest BCUT2D eigenvalue weighted by molar-refractivity contribution is 5.94. The van der Waals surface area contributed by atoms with Gasteiger partial charge in [0.2, 0.25) is 0 Å². The zero-order valence-corrected chi connectivity index (χ0v) is 15.3. The number of carbonyl (C=O) groups is 2. The molecule has 0 fully saturated rings. The average molecular weight is 376 g/mol. The second-order valence-electron chi connectivity index (χ2n) is 5.52. The maximum atomic E-state index is 12.1. The number of nitrogens with zero attached hydrogens (tertiary/aromatic N) is 1. The lowest BCUT2D eigenvalue weighted by Crippen LogP contribution is -2.27. The summed E-state index contributed by atoms with van der Waals surface area (Å²) in [6, 6.07) is 8.32. The molecule has 0 aliphatic rings. The number of hydrogen-bond acceptors (Lipinski definition) is 6. The maximum Gasteiger partial charge on any atom is 0.300 e. The summed E-state index contributed by atoms with van der Waals surface area (Å²) in [5, 5.41) is 10.2. The van der Waals surface area contributed by atoms with E-state index in [1.165, 1.54) is 6.07 Å². The van der Waals surface area contributed by atoms with Crippen LogP contribution in [0.5, 0.6) is 5.75 Å². The van der Waals surface area contributed by atoms with Crippen LogP contribution in [0.2, 0.25) is 0 Å². The van der Waals surface area contributed by atoms with Gasteiger partial charge in [-0.25, -0.2) is 4.98 Å². The summed E-state index contributed by atoms with van der Waals surface area (Å²) in [4.78, 5) is 39.3. The molecule has 0 bridgehead atoms. The van der Waals surface area contributed by atoms with E-state index in [0.717, 1.165) is 6.92 Å². The lowest BCUT2D eigenvalue weighted by molar-refractivity contribution is -0.134. The number of rotatable bonds is 7. The number of carboxylic acids is 1. The van der Waals surface area contributed by atoms with Crippen LogP contribution in [0.1, 0.15) is 28.8 Å². The Morgan fingerprint density at radius 2 is 2.04 bits per heavy atom. The Bertz CT molecular complexity index is 815. The molecule has 1 aromatic heterocycles. The monoisotopic (exact) mass is 376 g/mol. The summed E-state index contributed by atoms with van der Waals surface area (Å²) in [6.07, 6.45) is 0.450. The molecule has 0 aliphatic carbocycles. The molecule has 5 N–H and O–H groups in total. The van der Waals surface area contributed by atoms with Crippen LogP contribution < -0.4 is 21.3 Å². The number of H-pyrrole nitrogens is 1. The molecule has 27 heavy (non-hydrogen) atoms. The molecular weight excluding hydrogens is 352 g/mol. The van der Waals surface area contributed by atoms with Gasteiger partial charge in [-0.05, 0) is 25.1 Å². The van der Waals surface area contributed by atoms with Crippen molar-refractivity contribution in [1.29, 1.82) is 0 Å². The van der Waals surface area contributed by atoms with Crippen LogP contribution in [-0.4, -0.2) is 46.6 Å². The Labute approximate surface area is 156 Å². The van der Waals surface area contributed by atoms with E-state index in [0.29, 0.717) is 48.9 Å². The van der Waals surface area contributed by atoms with Crippen LogP contribution in [-0.2, 0) is 11.2 Å². The molecule has 0 radical (unpaired) electrons. The Balaban J connectivity index is 0.000000828. The summed E-state index contributed by atoms with van der Waals surface area (Å²) < 4.78 is 5.39. The summed E-state index contributed by atoms with van der Waals surface area (Å²) in [5.74, 6) is 0.112. The van der Waals surface area contributed by atoms with Gasteiger partial charge in [0.1, 0.15) is 18.2 Å². The quantitative estimate of drug-likeness (QED) is 0.549. The number of carbonyl (C=O) groups excluding carboxylic acids is 1. The molecule has 1 aromatic carbocycles. The lowest BCUT2D eigenvalue weighted by atomic mass is 10.2. The molecule has 2 aromatic rings. The van der Waals surface area contributed by atoms with E-state index in [2.05, 4.69) is 15.3 Å². The first-order valence-electron chi connectivity index (χ1n) is 8.29. The van der Waals surface area contributed by atoms with Crippen LogP contribution in [0.3, 0.4) is 0 Å². The van der Waals surface area contributed by atoms with Gasteiger partial charge in [0.05, 0.1) is 0 Å². The number of nitrogens with one attached hydrogen (secondary N) is 2. The van der Waals surface area contributed by atoms with Crippen molar-refractivity contribution in [3.63, 3.8) is 0 Å². The Morgan fingerprint density at radius 1 is 1.33 bits per heavy atom. The number of amides is 1. The fourth-order valence-electron chi connectivity index (χ4n) is 2.06. The summed E-state index contributed by atoms with van der Waals surface area (Å²) in [6.45, 7) is 4.03. The van der Waals surface area contributed by atoms with Gasteiger partial charge in [-0.1, -0.05) is 6.07 Å². The van der Waals surface area contributed by atoms with Gasteiger partial charge in [-0.15, -0.1) is 0 Å². The van der Waals surface area contributed by atoms with Crippen molar-refractivity contribution < 1.29 is 19.4 Å². The fraction of sp³-hybridized carbons (Fsp3) is 0.333. The summed E-state index contributed by atoms with van der Waals surface area (Å²) in [5.41, 5.74) is 6.35. The molecule has 0 atom stereocenters. The molecule has 0 spiro atoms. The van der Waals surface area contributed by atoms with Gasteiger partial charge in [-0.3, -0.25) is 14.4 Å². The largest absolute Gasteiger partial charge is 0.492 e. The third-order valence-corrected chi connectivity index (χ3v) is 3.05. The van der Waals surface area contributed by atoms with Gasteiger partial charge in [-0.2, -0.15) is 0 Å². The second-order valence-corrected chi connectivity index (χ2v) is 5.52. The molecule has 1 amide bonds. The zero-order valence-electron chi connectivity index (χ0n) is 15.3. The number of ether oxygens (including phenoxy) is 1. The number of carboxylic acid groups (broad SMARTS) is 1. The number of hydrogen-bond donors (Lipinski definition) is 4. The number of aryl methyl sites for hydroxylation is 1. The molecule has 0 saturated carbocycles. The predicted molar refractivity (Wildman–Crippen MR) is 99.9 cm³/mol. The molecular formula is C18H24N4O5. The number of nitrogens with two attached hydrogens (primary N) is 1. The molecule has 146 valence electrons. The minimum Gasteiger partial charge on any atom is -0.492 e. The number of benzene rings is 1. The van der Waals surface area contributed by atoms with Crippen molar-refractivity contribution in [3.05, 3.63) is 57.8 Å². The van der Waals surface area contributed by atoms with Crippen molar-refractivity contribution in [2.24, 2.45) is 5.73 Å². The maximum absolute atomic E-state index is 12.1. The van der Waals surface area contributed by atoms with Gasteiger partial charge in [0.15, 0.2) is 0 Å². The number of aliphatic carboxylic acids is 1. The van der Waals surface area contributed by atoms with Crippen molar-refractivity contribution in [2.75, 3.05) is 19.7 Å². The smallest absolute Gasteiger partial charge is 0.300 e. The van der Waals surface area contributed by atoms with E-state index in [1.807, 2.05) is 0 Å². The highest BCUT2D eigenvalue weighted by Crippen LogP contribution is 2.13. The Morgan fingerprint density at radius 3 is 2.67 bits per heavy atom. The standard InChI is InChI=1S/C16H20N4O3.C2H4O2/c1-11-9-15(21)20-14(19-11)5-7-18-16(22)12-3-2-4-13(10-12)23-8-6-17;1-2(3)4/h2-4,9-10H,5-8,17H2,1H3,(H,18,22)(H,19,20,21);1H3,(H,3,4).